The Hall–Kier alpha value is 0.880. The fourth-order valence-electron chi connectivity index (χ4n) is 2.30. The van der Waals surface area contributed by atoms with Crippen LogP contribution < -0.4 is 0 Å². The van der Waals surface area contributed by atoms with Gasteiger partial charge in [-0.2, -0.15) is 0 Å². The summed E-state index contributed by atoms with van der Waals surface area (Å²) in [6.45, 7) is 20.8. The Kier molecular flexibility index (Phi) is 27.8. The highest BCUT2D eigenvalue weighted by Gasteiger charge is 2.22. The summed E-state index contributed by atoms with van der Waals surface area (Å²) < 4.78 is 0. The standard InChI is InChI=1S/C10H22.C8H18.2S2/c1-6-8-10(4,5)9(3)7-2;1-5-7-8(3,4)6-2;2*1-2/h9H,6-8H2,1-5H3;5-7H2,1-4H3;;/t9-;;;/m1.../s1. The second kappa shape index (κ2) is 19.9. The van der Waals surface area contributed by atoms with Crippen LogP contribution in [0.1, 0.15) is 101 Å². The molecule has 0 aromatic heterocycles. The van der Waals surface area contributed by atoms with Crippen molar-refractivity contribution in [3.05, 3.63) is 0 Å². The summed E-state index contributed by atoms with van der Waals surface area (Å²) in [4.78, 5) is 0. The normalized spacial score (nSPS) is 11.7. The molecule has 136 valence electrons. The van der Waals surface area contributed by atoms with E-state index in [0.29, 0.717) is 10.8 Å². The molecule has 0 N–H and O–H groups in total. The van der Waals surface area contributed by atoms with Gasteiger partial charge >= 0.3 is 0 Å². The molecule has 0 amide bonds. The Labute approximate surface area is 161 Å². The van der Waals surface area contributed by atoms with Crippen LogP contribution in [0.5, 0.6) is 0 Å². The van der Waals surface area contributed by atoms with E-state index in [9.17, 15) is 0 Å². The maximum Gasteiger partial charge on any atom is 0 e. The lowest BCUT2D eigenvalue weighted by Gasteiger charge is -2.30. The third kappa shape index (κ3) is 20.9. The van der Waals surface area contributed by atoms with Gasteiger partial charge in [0.05, 0.1) is 0 Å². The molecule has 0 saturated heterocycles. The summed E-state index contributed by atoms with van der Waals surface area (Å²) in [5, 5.41) is 0. The monoisotopic (exact) mass is 384 g/mol. The van der Waals surface area contributed by atoms with Crippen molar-refractivity contribution in [3.63, 3.8) is 0 Å². The fraction of sp³-hybridized carbons (Fsp3) is 1.00. The molecule has 1 atom stereocenters. The van der Waals surface area contributed by atoms with Crippen molar-refractivity contribution >= 4 is 44.8 Å². The van der Waals surface area contributed by atoms with E-state index in [-0.39, 0.29) is 0 Å². The van der Waals surface area contributed by atoms with Crippen LogP contribution in [-0.4, -0.2) is 0 Å². The van der Waals surface area contributed by atoms with Crippen molar-refractivity contribution in [2.75, 3.05) is 0 Å². The highest BCUT2D eigenvalue weighted by atomic mass is 32.8. The minimum absolute atomic E-state index is 0.559. The molecule has 0 aliphatic heterocycles. The lowest BCUT2D eigenvalue weighted by atomic mass is 9.75. The van der Waals surface area contributed by atoms with E-state index in [0.717, 1.165) is 5.92 Å². The zero-order chi connectivity index (χ0) is 18.8. The molecule has 0 spiro atoms. The van der Waals surface area contributed by atoms with Crippen LogP contribution in [0.15, 0.2) is 0 Å². The second-order valence-corrected chi connectivity index (χ2v) is 7.32. The average Bonchev–Trinajstić information content (AvgIpc) is 2.51. The summed E-state index contributed by atoms with van der Waals surface area (Å²) in [6, 6.07) is 0. The molecule has 0 fully saturated rings. The highest BCUT2D eigenvalue weighted by molar-refractivity contribution is 8.07. The molecule has 0 bridgehead atoms. The summed E-state index contributed by atoms with van der Waals surface area (Å²) in [7, 11) is 0. The summed E-state index contributed by atoms with van der Waals surface area (Å²) >= 11 is 14.7. The van der Waals surface area contributed by atoms with Gasteiger partial charge in [0.15, 0.2) is 0 Å². The van der Waals surface area contributed by atoms with Crippen LogP contribution in [0, 0.1) is 16.7 Å². The van der Waals surface area contributed by atoms with Crippen molar-refractivity contribution in [1.29, 1.82) is 0 Å². The highest BCUT2D eigenvalue weighted by Crippen LogP contribution is 2.33. The van der Waals surface area contributed by atoms with Crippen molar-refractivity contribution in [1.82, 2.24) is 0 Å². The molecule has 0 radical (unpaired) electrons. The molecule has 0 aliphatic carbocycles. The van der Waals surface area contributed by atoms with Crippen molar-refractivity contribution < 1.29 is 0 Å². The molecule has 0 rings (SSSR count). The largest absolute Gasteiger partial charge is 0.0654 e. The van der Waals surface area contributed by atoms with Gasteiger partial charge in [-0.3, -0.25) is 0 Å². The maximum atomic E-state index is 3.67. The van der Waals surface area contributed by atoms with Crippen LogP contribution in [0.4, 0.5) is 0 Å². The summed E-state index contributed by atoms with van der Waals surface area (Å²) in [6.07, 6.45) is 7.98. The number of hydrogen-bond donors (Lipinski definition) is 0. The Morgan fingerprint density at radius 2 is 1.09 bits per heavy atom. The molecule has 0 aliphatic rings. The predicted molar refractivity (Wildman–Crippen MR) is 117 cm³/mol. The maximum absolute atomic E-state index is 3.67. The molecule has 0 aromatic carbocycles. The zero-order valence-corrected chi connectivity index (χ0v) is 19.7. The van der Waals surface area contributed by atoms with E-state index in [2.05, 4.69) is 107 Å². The van der Waals surface area contributed by atoms with E-state index < -0.39 is 0 Å². The minimum Gasteiger partial charge on any atom is -0.0654 e. The number of hydrogen-bond acceptors (Lipinski definition) is 4. The first kappa shape index (κ1) is 30.7. The summed E-state index contributed by atoms with van der Waals surface area (Å²) in [5.41, 5.74) is 1.15. The topological polar surface area (TPSA) is 0 Å². The van der Waals surface area contributed by atoms with Gasteiger partial charge in [0.25, 0.3) is 0 Å². The van der Waals surface area contributed by atoms with Crippen molar-refractivity contribution in [2.45, 2.75) is 101 Å². The van der Waals surface area contributed by atoms with Gasteiger partial charge in [-0.05, 0) is 29.6 Å². The fourth-order valence-corrected chi connectivity index (χ4v) is 2.30. The Morgan fingerprint density at radius 3 is 1.27 bits per heavy atom. The smallest absolute Gasteiger partial charge is 0 e. The van der Waals surface area contributed by atoms with Gasteiger partial charge in [-0.25, -0.2) is 0 Å². The second-order valence-electron chi connectivity index (χ2n) is 7.32. The van der Waals surface area contributed by atoms with E-state index in [1.54, 1.807) is 0 Å². The van der Waals surface area contributed by atoms with E-state index in [1.807, 2.05) is 0 Å². The van der Waals surface area contributed by atoms with E-state index in [1.165, 1.54) is 38.5 Å². The first-order chi connectivity index (χ1) is 10.2. The molecule has 22 heavy (non-hydrogen) atoms. The molecule has 0 aromatic rings. The van der Waals surface area contributed by atoms with Gasteiger partial charge < -0.3 is 0 Å². The van der Waals surface area contributed by atoms with Crippen molar-refractivity contribution in [3.8, 4) is 0 Å². The van der Waals surface area contributed by atoms with E-state index in [4.69, 9.17) is 0 Å². The van der Waals surface area contributed by atoms with Gasteiger partial charge in [0.1, 0.15) is 0 Å². The molecule has 0 unspecified atom stereocenters. The first-order valence-electron chi connectivity index (χ1n) is 8.50. The zero-order valence-electron chi connectivity index (χ0n) is 16.5. The summed E-state index contributed by atoms with van der Waals surface area (Å²) in [5.74, 6) is 0.868. The van der Waals surface area contributed by atoms with Gasteiger partial charge in [0.2, 0.25) is 0 Å². The predicted octanol–water partition coefficient (Wildman–Crippen LogP) is 7.07. The van der Waals surface area contributed by atoms with E-state index >= 15 is 0 Å². The quantitative estimate of drug-likeness (QED) is 0.460. The lowest BCUT2D eigenvalue weighted by Crippen LogP contribution is -2.20. The minimum atomic E-state index is 0.559. The van der Waals surface area contributed by atoms with Crippen LogP contribution in [0.25, 0.3) is 0 Å². The molecule has 0 saturated carbocycles. The van der Waals surface area contributed by atoms with Crippen LogP contribution in [0.2, 0.25) is 0 Å². The third-order valence-electron chi connectivity index (χ3n) is 4.72. The average molecular weight is 385 g/mol. The first-order valence-corrected chi connectivity index (χ1v) is 11.2. The van der Waals surface area contributed by atoms with Crippen LogP contribution in [0.3, 0.4) is 0 Å². The molecule has 0 heterocycles. The van der Waals surface area contributed by atoms with Crippen LogP contribution >= 0.6 is 0 Å². The lowest BCUT2D eigenvalue weighted by molar-refractivity contribution is 0.204. The molecular weight excluding hydrogens is 344 g/mol. The molecule has 4 heteroatoms. The number of rotatable bonds is 7. The molecular formula is C18H40S4. The Balaban J connectivity index is -0.000000121. The third-order valence-corrected chi connectivity index (χ3v) is 4.72. The van der Waals surface area contributed by atoms with Gasteiger partial charge in [-0.1, -0.05) is 88.0 Å². The SMILES string of the molecule is CCCC(C)(C)CC.CCCC(C)(C)[C@H](C)CC.S=S.S=S. The Bertz CT molecular complexity index is 213. The van der Waals surface area contributed by atoms with Crippen molar-refractivity contribution in [2.24, 2.45) is 16.7 Å². The van der Waals surface area contributed by atoms with Crippen LogP contribution in [-0.2, 0) is 44.8 Å². The Morgan fingerprint density at radius 1 is 0.727 bits per heavy atom. The van der Waals surface area contributed by atoms with Gasteiger partial charge in [-0.15, -0.1) is 0 Å². The molecule has 0 nitrogen and oxygen atoms in total. The van der Waals surface area contributed by atoms with Gasteiger partial charge in [0, 0.05) is 44.8 Å².